The summed E-state index contributed by atoms with van der Waals surface area (Å²) >= 11 is 5.67. The number of alkyl halides is 1. The van der Waals surface area contributed by atoms with Crippen LogP contribution in [-0.4, -0.2) is 11.5 Å². The van der Waals surface area contributed by atoms with Gasteiger partial charge in [0.15, 0.2) is 5.75 Å². The molecule has 0 heterocycles. The summed E-state index contributed by atoms with van der Waals surface area (Å²) in [6.45, 7) is 4.18. The smallest absolute Gasteiger partial charge is 0.311 e. The van der Waals surface area contributed by atoms with E-state index in [0.29, 0.717) is 12.2 Å². The van der Waals surface area contributed by atoms with Crippen LogP contribution in [0.3, 0.4) is 0 Å². The summed E-state index contributed by atoms with van der Waals surface area (Å²) in [4.78, 5) is 10.5. The van der Waals surface area contributed by atoms with Gasteiger partial charge in [0.05, 0.1) is 23.0 Å². The monoisotopic (exact) mass is 310 g/mol. The van der Waals surface area contributed by atoms with E-state index in [0.717, 1.165) is 19.3 Å². The minimum Gasteiger partial charge on any atom is -0.487 e. The molecule has 1 aromatic carbocycles. The van der Waals surface area contributed by atoms with Gasteiger partial charge in [-0.1, -0.05) is 6.07 Å². The molecule has 0 aliphatic heterocycles. The van der Waals surface area contributed by atoms with Crippen molar-refractivity contribution in [3.63, 3.8) is 0 Å². The van der Waals surface area contributed by atoms with Gasteiger partial charge in [-0.2, -0.15) is 5.26 Å². The van der Waals surface area contributed by atoms with Gasteiger partial charge in [0.25, 0.3) is 0 Å². The van der Waals surface area contributed by atoms with E-state index in [2.05, 4.69) is 6.07 Å². The second-order valence-corrected chi connectivity index (χ2v) is 5.76. The number of nitro benzene ring substituents is 1. The second kappa shape index (κ2) is 7.84. The molecule has 0 fully saturated rings. The standard InChI is InChI=1S/C15H19ClN2O3/c1-15(2,11-17)7-3-4-8-21-14-6-5-12(10-16)9-13(14)18(19)20/h5-6,9H,3-4,7-8,10H2,1-2H3. The van der Waals surface area contributed by atoms with Crippen LogP contribution in [0.5, 0.6) is 5.75 Å². The molecule has 0 amide bonds. The largest absolute Gasteiger partial charge is 0.487 e. The fraction of sp³-hybridized carbons (Fsp3) is 0.533. The van der Waals surface area contributed by atoms with Crippen molar-refractivity contribution < 1.29 is 9.66 Å². The molecule has 6 heteroatoms. The number of benzene rings is 1. The second-order valence-electron chi connectivity index (χ2n) is 5.49. The van der Waals surface area contributed by atoms with E-state index in [1.54, 1.807) is 12.1 Å². The van der Waals surface area contributed by atoms with Crippen molar-refractivity contribution in [2.24, 2.45) is 5.41 Å². The molecule has 1 aromatic rings. The first-order valence-electron chi connectivity index (χ1n) is 6.77. The first-order valence-corrected chi connectivity index (χ1v) is 7.30. The number of nitrogens with zero attached hydrogens (tertiary/aromatic N) is 2. The van der Waals surface area contributed by atoms with E-state index < -0.39 is 4.92 Å². The van der Waals surface area contributed by atoms with Crippen molar-refractivity contribution in [3.05, 3.63) is 33.9 Å². The van der Waals surface area contributed by atoms with Gasteiger partial charge in [-0.15, -0.1) is 11.6 Å². The highest BCUT2D eigenvalue weighted by atomic mass is 35.5. The van der Waals surface area contributed by atoms with Crippen molar-refractivity contribution >= 4 is 17.3 Å². The zero-order valence-electron chi connectivity index (χ0n) is 12.3. The third kappa shape index (κ3) is 5.60. The summed E-state index contributed by atoms with van der Waals surface area (Å²) in [5.74, 6) is 0.484. The van der Waals surface area contributed by atoms with Crippen LogP contribution in [0, 0.1) is 26.9 Å². The van der Waals surface area contributed by atoms with Gasteiger partial charge in [-0.3, -0.25) is 10.1 Å². The molecular formula is C15H19ClN2O3. The van der Waals surface area contributed by atoms with Gasteiger partial charge in [0.1, 0.15) is 0 Å². The van der Waals surface area contributed by atoms with Crippen LogP contribution in [-0.2, 0) is 5.88 Å². The van der Waals surface area contributed by atoms with Crippen molar-refractivity contribution in [2.75, 3.05) is 6.61 Å². The quantitative estimate of drug-likeness (QED) is 0.308. The SMILES string of the molecule is CC(C)(C#N)CCCCOc1ccc(CCl)cc1[N+](=O)[O-]. The summed E-state index contributed by atoms with van der Waals surface area (Å²) in [5, 5.41) is 19.9. The number of halogens is 1. The van der Waals surface area contributed by atoms with Crippen LogP contribution in [0.25, 0.3) is 0 Å². The van der Waals surface area contributed by atoms with Crippen LogP contribution in [0.2, 0.25) is 0 Å². The fourth-order valence-corrected chi connectivity index (χ4v) is 1.98. The lowest BCUT2D eigenvalue weighted by Gasteiger charge is -2.14. The lowest BCUT2D eigenvalue weighted by atomic mass is 9.89. The first-order chi connectivity index (χ1) is 9.89. The third-order valence-electron chi connectivity index (χ3n) is 3.13. The van der Waals surface area contributed by atoms with Crippen LogP contribution < -0.4 is 4.74 Å². The molecule has 5 nitrogen and oxygen atoms in total. The Bertz CT molecular complexity index is 538. The Labute approximate surface area is 129 Å². The molecule has 0 aromatic heterocycles. The third-order valence-corrected chi connectivity index (χ3v) is 3.44. The molecule has 1 rings (SSSR count). The van der Waals surface area contributed by atoms with E-state index in [-0.39, 0.29) is 22.7 Å². The molecule has 0 saturated carbocycles. The van der Waals surface area contributed by atoms with E-state index in [1.165, 1.54) is 6.07 Å². The van der Waals surface area contributed by atoms with Crippen LogP contribution in [0.15, 0.2) is 18.2 Å². The van der Waals surface area contributed by atoms with Gasteiger partial charge >= 0.3 is 5.69 Å². The number of nitro groups is 1. The molecule has 114 valence electrons. The van der Waals surface area contributed by atoms with E-state index in [9.17, 15) is 10.1 Å². The van der Waals surface area contributed by atoms with Gasteiger partial charge < -0.3 is 4.74 Å². The van der Waals surface area contributed by atoms with Crippen LogP contribution >= 0.6 is 11.6 Å². The van der Waals surface area contributed by atoms with Crippen molar-refractivity contribution in [3.8, 4) is 11.8 Å². The summed E-state index contributed by atoms with van der Waals surface area (Å²) in [5.41, 5.74) is 0.283. The van der Waals surface area contributed by atoms with E-state index in [1.807, 2.05) is 13.8 Å². The maximum absolute atomic E-state index is 11.0. The Hall–Kier alpha value is -1.80. The fourth-order valence-electron chi connectivity index (χ4n) is 1.82. The van der Waals surface area contributed by atoms with E-state index >= 15 is 0 Å². The molecule has 0 radical (unpaired) electrons. The molecular weight excluding hydrogens is 292 g/mol. The maximum Gasteiger partial charge on any atom is 0.311 e. The van der Waals surface area contributed by atoms with E-state index in [4.69, 9.17) is 21.6 Å². The van der Waals surface area contributed by atoms with Crippen molar-refractivity contribution in [1.29, 1.82) is 5.26 Å². The lowest BCUT2D eigenvalue weighted by molar-refractivity contribution is -0.385. The normalized spacial score (nSPS) is 11.0. The average molecular weight is 311 g/mol. The highest BCUT2D eigenvalue weighted by Gasteiger charge is 2.17. The Kier molecular flexibility index (Phi) is 6.44. The van der Waals surface area contributed by atoms with Crippen molar-refractivity contribution in [2.45, 2.75) is 39.0 Å². The Morgan fingerprint density at radius 3 is 2.71 bits per heavy atom. The number of nitriles is 1. The molecule has 0 aliphatic rings. The molecule has 21 heavy (non-hydrogen) atoms. The van der Waals surface area contributed by atoms with Crippen molar-refractivity contribution in [1.82, 2.24) is 0 Å². The van der Waals surface area contributed by atoms with Gasteiger partial charge in [0, 0.05) is 11.9 Å². The zero-order chi connectivity index (χ0) is 15.9. The predicted octanol–water partition coefficient (Wildman–Crippen LogP) is 4.43. The number of unbranched alkanes of at least 4 members (excludes halogenated alkanes) is 1. The first kappa shape index (κ1) is 17.3. The molecule has 0 bridgehead atoms. The Balaban J connectivity index is 2.53. The zero-order valence-corrected chi connectivity index (χ0v) is 13.0. The molecule has 0 atom stereocenters. The molecule has 0 aliphatic carbocycles. The highest BCUT2D eigenvalue weighted by Crippen LogP contribution is 2.29. The minimum atomic E-state index is -0.468. The average Bonchev–Trinajstić information content (AvgIpc) is 2.46. The number of hydrogen-bond donors (Lipinski definition) is 0. The van der Waals surface area contributed by atoms with Crippen LogP contribution in [0.1, 0.15) is 38.7 Å². The highest BCUT2D eigenvalue weighted by molar-refractivity contribution is 6.17. The summed E-state index contributed by atoms with van der Waals surface area (Å²) in [6, 6.07) is 6.97. The topological polar surface area (TPSA) is 76.2 Å². The maximum atomic E-state index is 11.0. The Morgan fingerprint density at radius 2 is 2.14 bits per heavy atom. The van der Waals surface area contributed by atoms with Gasteiger partial charge in [0.2, 0.25) is 0 Å². The van der Waals surface area contributed by atoms with Crippen LogP contribution in [0.4, 0.5) is 5.69 Å². The van der Waals surface area contributed by atoms with Gasteiger partial charge in [-0.05, 0) is 44.7 Å². The molecule has 0 saturated heterocycles. The molecule has 0 unspecified atom stereocenters. The minimum absolute atomic E-state index is 0.0643. The summed E-state index contributed by atoms with van der Waals surface area (Å²) < 4.78 is 5.48. The lowest BCUT2D eigenvalue weighted by Crippen LogP contribution is -2.08. The summed E-state index contributed by atoms with van der Waals surface area (Å²) in [7, 11) is 0. The summed E-state index contributed by atoms with van der Waals surface area (Å²) in [6.07, 6.45) is 2.37. The molecule has 0 N–H and O–H groups in total. The number of hydrogen-bond acceptors (Lipinski definition) is 4. The molecule has 0 spiro atoms. The Morgan fingerprint density at radius 1 is 1.43 bits per heavy atom. The number of ether oxygens (including phenoxy) is 1. The van der Waals surface area contributed by atoms with Gasteiger partial charge in [-0.25, -0.2) is 0 Å². The number of rotatable bonds is 8. The predicted molar refractivity (Wildman–Crippen MR) is 81.4 cm³/mol.